The number of aliphatic hydroxyl groups excluding tert-OH is 1. The maximum atomic E-state index is 11.8. The second-order valence-corrected chi connectivity index (χ2v) is 6.16. The first kappa shape index (κ1) is 12.9. The highest BCUT2D eigenvalue weighted by atomic mass is 32.2. The molecule has 1 rings (SSSR count). The molecule has 0 amide bonds. The zero-order valence-corrected chi connectivity index (χ0v) is 10.1. The van der Waals surface area contributed by atoms with Gasteiger partial charge in [-0.05, 0) is 26.3 Å². The van der Waals surface area contributed by atoms with Crippen LogP contribution < -0.4 is 5.32 Å². The van der Waals surface area contributed by atoms with E-state index in [-0.39, 0.29) is 11.7 Å². The number of hydrogen-bond donors (Lipinski definition) is 2. The minimum absolute atomic E-state index is 0.0920. The van der Waals surface area contributed by atoms with Gasteiger partial charge in [0, 0.05) is 19.6 Å². The van der Waals surface area contributed by atoms with E-state index in [9.17, 15) is 13.5 Å². The van der Waals surface area contributed by atoms with E-state index in [0.29, 0.717) is 19.6 Å². The minimum atomic E-state index is -3.13. The second kappa shape index (κ2) is 5.25. The molecule has 1 aliphatic heterocycles. The number of rotatable bonds is 5. The predicted octanol–water partition coefficient (Wildman–Crippen LogP) is -0.762. The zero-order chi connectivity index (χ0) is 11.5. The summed E-state index contributed by atoms with van der Waals surface area (Å²) in [5, 5.41) is 12.2. The lowest BCUT2D eigenvalue weighted by atomic mass is 10.0. The molecular formula is C9H20N2O3S. The molecule has 0 bridgehead atoms. The summed E-state index contributed by atoms with van der Waals surface area (Å²) in [6.07, 6.45) is 0.339. The summed E-state index contributed by atoms with van der Waals surface area (Å²) in [6.45, 7) is 3.19. The molecule has 0 aromatic carbocycles. The van der Waals surface area contributed by atoms with Crippen LogP contribution in [0.1, 0.15) is 13.3 Å². The molecule has 6 heteroatoms. The highest BCUT2D eigenvalue weighted by Crippen LogP contribution is 2.22. The Morgan fingerprint density at radius 3 is 2.73 bits per heavy atom. The number of sulfonamides is 1. The van der Waals surface area contributed by atoms with Gasteiger partial charge in [-0.1, -0.05) is 0 Å². The molecule has 0 aliphatic carbocycles. The number of aliphatic hydroxyl groups is 1. The van der Waals surface area contributed by atoms with Crippen LogP contribution in [0.5, 0.6) is 0 Å². The SMILES string of the molecule is CNCCS(=O)(=O)N1CCC(C(C)O)C1. The van der Waals surface area contributed by atoms with Crippen LogP contribution in [-0.4, -0.2) is 56.4 Å². The molecule has 0 saturated carbocycles. The van der Waals surface area contributed by atoms with E-state index in [1.54, 1.807) is 14.0 Å². The topological polar surface area (TPSA) is 69.6 Å². The molecule has 1 aliphatic rings. The fourth-order valence-electron chi connectivity index (χ4n) is 1.76. The van der Waals surface area contributed by atoms with Crippen molar-refractivity contribution in [1.82, 2.24) is 9.62 Å². The van der Waals surface area contributed by atoms with E-state index >= 15 is 0 Å². The number of hydrogen-bond acceptors (Lipinski definition) is 4. The van der Waals surface area contributed by atoms with Gasteiger partial charge in [0.1, 0.15) is 0 Å². The Labute approximate surface area is 91.5 Å². The fraction of sp³-hybridized carbons (Fsp3) is 1.00. The van der Waals surface area contributed by atoms with Crippen LogP contribution in [0.25, 0.3) is 0 Å². The summed E-state index contributed by atoms with van der Waals surface area (Å²) in [4.78, 5) is 0. The van der Waals surface area contributed by atoms with Gasteiger partial charge in [-0.2, -0.15) is 0 Å². The second-order valence-electron chi connectivity index (χ2n) is 4.07. The van der Waals surface area contributed by atoms with E-state index < -0.39 is 16.1 Å². The Bertz CT molecular complexity index is 290. The van der Waals surface area contributed by atoms with Gasteiger partial charge in [0.05, 0.1) is 11.9 Å². The Morgan fingerprint density at radius 1 is 1.60 bits per heavy atom. The first-order valence-corrected chi connectivity index (χ1v) is 6.89. The Hall–Kier alpha value is -0.170. The van der Waals surface area contributed by atoms with Gasteiger partial charge in [0.25, 0.3) is 0 Å². The maximum Gasteiger partial charge on any atom is 0.215 e. The molecule has 90 valence electrons. The quantitative estimate of drug-likeness (QED) is 0.658. The van der Waals surface area contributed by atoms with E-state index in [0.717, 1.165) is 6.42 Å². The smallest absolute Gasteiger partial charge is 0.215 e. The standard InChI is InChI=1S/C9H20N2O3S/c1-8(12)9-3-5-11(7-9)15(13,14)6-4-10-2/h8-10,12H,3-7H2,1-2H3. The van der Waals surface area contributed by atoms with Gasteiger partial charge in [0.15, 0.2) is 0 Å². The average Bonchev–Trinajstić information content (AvgIpc) is 2.64. The molecule has 1 fully saturated rings. The molecular weight excluding hydrogens is 216 g/mol. The third-order valence-corrected chi connectivity index (χ3v) is 4.71. The van der Waals surface area contributed by atoms with Crippen LogP contribution in [0.15, 0.2) is 0 Å². The van der Waals surface area contributed by atoms with Crippen molar-refractivity contribution in [3.8, 4) is 0 Å². The Kier molecular flexibility index (Phi) is 4.51. The highest BCUT2D eigenvalue weighted by molar-refractivity contribution is 7.89. The number of nitrogens with one attached hydrogen (secondary N) is 1. The van der Waals surface area contributed by atoms with E-state index in [2.05, 4.69) is 5.32 Å². The molecule has 0 aromatic rings. The molecule has 0 spiro atoms. The predicted molar refractivity (Wildman–Crippen MR) is 59.1 cm³/mol. The van der Waals surface area contributed by atoms with Crippen molar-refractivity contribution in [1.29, 1.82) is 0 Å². The van der Waals surface area contributed by atoms with Gasteiger partial charge in [0.2, 0.25) is 10.0 Å². The van der Waals surface area contributed by atoms with Crippen molar-refractivity contribution in [3.63, 3.8) is 0 Å². The number of nitrogens with zero attached hydrogens (tertiary/aromatic N) is 1. The summed E-state index contributed by atoms with van der Waals surface area (Å²) < 4.78 is 25.0. The molecule has 1 saturated heterocycles. The molecule has 2 N–H and O–H groups in total. The van der Waals surface area contributed by atoms with Gasteiger partial charge in [-0.15, -0.1) is 0 Å². The van der Waals surface area contributed by atoms with Gasteiger partial charge >= 0.3 is 0 Å². The Balaban J connectivity index is 2.52. The van der Waals surface area contributed by atoms with E-state index in [1.807, 2.05) is 0 Å². The summed E-state index contributed by atoms with van der Waals surface area (Å²) in [5.41, 5.74) is 0. The fourth-order valence-corrected chi connectivity index (χ4v) is 3.28. The lowest BCUT2D eigenvalue weighted by Crippen LogP contribution is -2.35. The van der Waals surface area contributed by atoms with Gasteiger partial charge < -0.3 is 10.4 Å². The lowest BCUT2D eigenvalue weighted by molar-refractivity contribution is 0.133. The molecule has 2 atom stereocenters. The lowest BCUT2D eigenvalue weighted by Gasteiger charge is -2.17. The van der Waals surface area contributed by atoms with E-state index in [4.69, 9.17) is 0 Å². The molecule has 5 nitrogen and oxygen atoms in total. The first-order chi connectivity index (χ1) is 6.97. The highest BCUT2D eigenvalue weighted by Gasteiger charge is 2.32. The van der Waals surface area contributed by atoms with Crippen LogP contribution >= 0.6 is 0 Å². The van der Waals surface area contributed by atoms with Crippen LogP contribution in [0.3, 0.4) is 0 Å². The molecule has 0 radical (unpaired) electrons. The molecule has 0 aromatic heterocycles. The van der Waals surface area contributed by atoms with Crippen molar-refractivity contribution in [2.24, 2.45) is 5.92 Å². The zero-order valence-electron chi connectivity index (χ0n) is 9.31. The molecule has 15 heavy (non-hydrogen) atoms. The minimum Gasteiger partial charge on any atom is -0.393 e. The summed E-state index contributed by atoms with van der Waals surface area (Å²) >= 11 is 0. The van der Waals surface area contributed by atoms with Crippen molar-refractivity contribution in [2.45, 2.75) is 19.4 Å². The summed E-state index contributed by atoms with van der Waals surface area (Å²) in [6, 6.07) is 0. The van der Waals surface area contributed by atoms with Crippen LogP contribution in [0.2, 0.25) is 0 Å². The van der Waals surface area contributed by atoms with Crippen molar-refractivity contribution in [2.75, 3.05) is 32.4 Å². The van der Waals surface area contributed by atoms with Crippen molar-refractivity contribution < 1.29 is 13.5 Å². The normalized spacial score (nSPS) is 25.7. The maximum absolute atomic E-state index is 11.8. The van der Waals surface area contributed by atoms with Gasteiger partial charge in [-0.3, -0.25) is 0 Å². The van der Waals surface area contributed by atoms with Crippen LogP contribution in [0, 0.1) is 5.92 Å². The molecule has 1 heterocycles. The van der Waals surface area contributed by atoms with Crippen molar-refractivity contribution >= 4 is 10.0 Å². The first-order valence-electron chi connectivity index (χ1n) is 5.28. The Morgan fingerprint density at radius 2 is 2.27 bits per heavy atom. The monoisotopic (exact) mass is 236 g/mol. The molecule has 2 unspecified atom stereocenters. The van der Waals surface area contributed by atoms with E-state index in [1.165, 1.54) is 4.31 Å². The third kappa shape index (κ3) is 3.41. The third-order valence-electron chi connectivity index (χ3n) is 2.87. The van der Waals surface area contributed by atoms with Crippen LogP contribution in [0.4, 0.5) is 0 Å². The average molecular weight is 236 g/mol. The summed E-state index contributed by atoms with van der Waals surface area (Å²) in [5.74, 6) is 0.227. The largest absolute Gasteiger partial charge is 0.393 e. The van der Waals surface area contributed by atoms with Crippen molar-refractivity contribution in [3.05, 3.63) is 0 Å². The van der Waals surface area contributed by atoms with Crippen LogP contribution in [-0.2, 0) is 10.0 Å². The van der Waals surface area contributed by atoms with Gasteiger partial charge in [-0.25, -0.2) is 12.7 Å². The summed E-state index contributed by atoms with van der Waals surface area (Å²) in [7, 11) is -1.39.